The highest BCUT2D eigenvalue weighted by molar-refractivity contribution is 9.10. The minimum absolute atomic E-state index is 0.425. The number of carboxylic acid groups (broad SMARTS) is 1. The van der Waals surface area contributed by atoms with E-state index >= 15 is 0 Å². The van der Waals surface area contributed by atoms with Gasteiger partial charge in [0.15, 0.2) is 0 Å². The van der Waals surface area contributed by atoms with E-state index in [0.717, 1.165) is 0 Å². The van der Waals surface area contributed by atoms with E-state index in [1.165, 1.54) is 6.92 Å². The van der Waals surface area contributed by atoms with Gasteiger partial charge in [0.1, 0.15) is 4.83 Å². The van der Waals surface area contributed by atoms with Crippen LogP contribution in [0.25, 0.3) is 0 Å². The second-order valence-electron chi connectivity index (χ2n) is 3.74. The number of rotatable bonds is 4. The van der Waals surface area contributed by atoms with Crippen molar-refractivity contribution < 1.29 is 19.4 Å². The van der Waals surface area contributed by atoms with Gasteiger partial charge in [0, 0.05) is 5.56 Å². The van der Waals surface area contributed by atoms with E-state index in [0.29, 0.717) is 5.56 Å². The molecule has 0 bridgehead atoms. The van der Waals surface area contributed by atoms with Crippen LogP contribution >= 0.6 is 15.9 Å². The third-order valence-corrected chi connectivity index (χ3v) is 2.74. The van der Waals surface area contributed by atoms with E-state index in [2.05, 4.69) is 15.9 Å². The Morgan fingerprint density at radius 3 is 2.29 bits per heavy atom. The van der Waals surface area contributed by atoms with Crippen molar-refractivity contribution >= 4 is 27.9 Å². The summed E-state index contributed by atoms with van der Waals surface area (Å²) in [5.41, 5.74) is -1.24. The van der Waals surface area contributed by atoms with Crippen molar-refractivity contribution in [1.29, 1.82) is 0 Å². The molecule has 1 N–H and O–H groups in total. The van der Waals surface area contributed by atoms with Gasteiger partial charge in [-0.25, -0.2) is 4.79 Å². The van der Waals surface area contributed by atoms with Crippen molar-refractivity contribution in [1.82, 2.24) is 0 Å². The number of benzene rings is 1. The van der Waals surface area contributed by atoms with E-state index < -0.39 is 22.4 Å². The number of ether oxygens (including phenoxy) is 1. The quantitative estimate of drug-likeness (QED) is 0.684. The summed E-state index contributed by atoms with van der Waals surface area (Å²) < 4.78 is 5.06. The van der Waals surface area contributed by atoms with Crippen molar-refractivity contribution in [2.75, 3.05) is 0 Å². The van der Waals surface area contributed by atoms with Gasteiger partial charge in [0.25, 0.3) is 0 Å². The van der Waals surface area contributed by atoms with Crippen LogP contribution in [0.15, 0.2) is 30.3 Å². The molecule has 1 aromatic carbocycles. The van der Waals surface area contributed by atoms with Crippen LogP contribution in [0.3, 0.4) is 0 Å². The fourth-order valence-corrected chi connectivity index (χ4v) is 1.36. The molecule has 0 spiro atoms. The summed E-state index contributed by atoms with van der Waals surface area (Å²) in [7, 11) is 0. The van der Waals surface area contributed by atoms with Crippen LogP contribution in [0.4, 0.5) is 0 Å². The molecule has 0 radical (unpaired) electrons. The second kappa shape index (κ2) is 5.31. The molecule has 4 nitrogen and oxygen atoms in total. The molecule has 17 heavy (non-hydrogen) atoms. The van der Waals surface area contributed by atoms with Gasteiger partial charge in [-0.15, -0.1) is 0 Å². The van der Waals surface area contributed by atoms with E-state index in [1.807, 2.05) is 0 Å². The van der Waals surface area contributed by atoms with Gasteiger partial charge in [0.05, 0.1) is 0 Å². The van der Waals surface area contributed by atoms with Crippen LogP contribution in [-0.4, -0.2) is 21.9 Å². The molecule has 0 aromatic heterocycles. The molecule has 0 heterocycles. The fraction of sp³-hybridized carbons (Fsp3) is 0.333. The number of esters is 1. The largest absolute Gasteiger partial charge is 0.478 e. The maximum atomic E-state index is 11.5. The predicted octanol–water partition coefficient (Wildman–Crippen LogP) is 2.31. The lowest BCUT2D eigenvalue weighted by atomic mass is 9.96. The molecule has 0 saturated heterocycles. The molecule has 1 rings (SSSR count). The van der Waals surface area contributed by atoms with E-state index in [4.69, 9.17) is 4.74 Å². The minimum atomic E-state index is -1.67. The van der Waals surface area contributed by atoms with Crippen LogP contribution in [0.5, 0.6) is 0 Å². The van der Waals surface area contributed by atoms with Crippen molar-refractivity contribution in [3.8, 4) is 0 Å². The zero-order chi connectivity index (χ0) is 13.1. The molecule has 0 amide bonds. The third kappa shape index (κ3) is 3.06. The first-order chi connectivity index (χ1) is 7.88. The normalized spacial score (nSPS) is 15.7. The summed E-state index contributed by atoms with van der Waals surface area (Å²) >= 11 is 3.05. The molecular weight excluding hydrogens is 288 g/mol. The maximum Gasteiger partial charge on any atom is 0.352 e. The standard InChI is InChI=1S/C12H13BrO4/c1-8(13)10(14)17-12(2,11(15)16)9-6-4-3-5-7-9/h3-8H,1-2H3,(H,15,16). The van der Waals surface area contributed by atoms with Gasteiger partial charge >= 0.3 is 11.9 Å². The topological polar surface area (TPSA) is 63.6 Å². The lowest BCUT2D eigenvalue weighted by Crippen LogP contribution is -2.39. The molecule has 0 saturated carbocycles. The predicted molar refractivity (Wildman–Crippen MR) is 65.9 cm³/mol. The third-order valence-electron chi connectivity index (χ3n) is 2.36. The summed E-state index contributed by atoms with van der Waals surface area (Å²) in [6.07, 6.45) is 0. The monoisotopic (exact) mass is 300 g/mol. The molecule has 0 aliphatic rings. The Bertz CT molecular complexity index is 416. The van der Waals surface area contributed by atoms with Gasteiger partial charge in [-0.05, 0) is 13.8 Å². The van der Waals surface area contributed by atoms with Gasteiger partial charge in [-0.3, -0.25) is 4.79 Å². The molecule has 5 heteroatoms. The first-order valence-corrected chi connectivity index (χ1v) is 5.95. The fourth-order valence-electron chi connectivity index (χ4n) is 1.26. The second-order valence-corrected chi connectivity index (χ2v) is 5.12. The highest BCUT2D eigenvalue weighted by Crippen LogP contribution is 2.26. The molecule has 92 valence electrons. The van der Waals surface area contributed by atoms with E-state index in [9.17, 15) is 14.7 Å². The maximum absolute atomic E-state index is 11.5. The Labute approximate surface area is 108 Å². The molecule has 0 aliphatic carbocycles. The minimum Gasteiger partial charge on any atom is -0.478 e. The number of carbonyl (C=O) groups excluding carboxylic acids is 1. The average molecular weight is 301 g/mol. The zero-order valence-electron chi connectivity index (χ0n) is 9.51. The van der Waals surface area contributed by atoms with Crippen LogP contribution in [-0.2, 0) is 19.9 Å². The van der Waals surface area contributed by atoms with Crippen LogP contribution in [0.1, 0.15) is 19.4 Å². The summed E-state index contributed by atoms with van der Waals surface area (Å²) in [4.78, 5) is 22.2. The highest BCUT2D eigenvalue weighted by Gasteiger charge is 2.40. The summed E-state index contributed by atoms with van der Waals surface area (Å²) in [6.45, 7) is 2.94. The van der Waals surface area contributed by atoms with Crippen LogP contribution in [0, 0.1) is 0 Å². The lowest BCUT2D eigenvalue weighted by Gasteiger charge is -2.26. The van der Waals surface area contributed by atoms with Crippen molar-refractivity contribution in [2.24, 2.45) is 0 Å². The van der Waals surface area contributed by atoms with Crippen LogP contribution in [0.2, 0.25) is 0 Å². The number of hydrogen-bond acceptors (Lipinski definition) is 3. The number of halogens is 1. The summed E-state index contributed by atoms with van der Waals surface area (Å²) in [5.74, 6) is -1.82. The highest BCUT2D eigenvalue weighted by atomic mass is 79.9. The number of aliphatic carboxylic acids is 1. The first-order valence-electron chi connectivity index (χ1n) is 5.04. The van der Waals surface area contributed by atoms with Crippen molar-refractivity contribution in [2.45, 2.75) is 24.3 Å². The van der Waals surface area contributed by atoms with Gasteiger partial charge in [-0.1, -0.05) is 46.3 Å². The Balaban J connectivity index is 3.07. The molecule has 0 fully saturated rings. The Morgan fingerprint density at radius 1 is 1.35 bits per heavy atom. The van der Waals surface area contributed by atoms with Crippen LogP contribution < -0.4 is 0 Å². The summed E-state index contributed by atoms with van der Waals surface area (Å²) in [5, 5.41) is 9.22. The van der Waals surface area contributed by atoms with Gasteiger partial charge in [0.2, 0.25) is 5.60 Å². The Hall–Kier alpha value is -1.36. The van der Waals surface area contributed by atoms with Gasteiger partial charge in [-0.2, -0.15) is 0 Å². The molecule has 2 atom stereocenters. The summed E-state index contributed by atoms with van der Waals surface area (Å²) in [6, 6.07) is 8.38. The molecule has 1 aromatic rings. The molecular formula is C12H13BrO4. The average Bonchev–Trinajstić information content (AvgIpc) is 2.29. The SMILES string of the molecule is CC(Br)C(=O)OC(C)(C(=O)O)c1ccccc1. The van der Waals surface area contributed by atoms with E-state index in [1.54, 1.807) is 37.3 Å². The van der Waals surface area contributed by atoms with Gasteiger partial charge < -0.3 is 9.84 Å². The Kier molecular flexibility index (Phi) is 4.28. The molecule has 0 aliphatic heterocycles. The van der Waals surface area contributed by atoms with Crippen molar-refractivity contribution in [3.63, 3.8) is 0 Å². The number of hydrogen-bond donors (Lipinski definition) is 1. The zero-order valence-corrected chi connectivity index (χ0v) is 11.1. The Morgan fingerprint density at radius 2 is 1.88 bits per heavy atom. The number of carboxylic acids is 1. The van der Waals surface area contributed by atoms with E-state index in [-0.39, 0.29) is 0 Å². The first kappa shape index (κ1) is 13.7. The lowest BCUT2D eigenvalue weighted by molar-refractivity contribution is -0.177. The smallest absolute Gasteiger partial charge is 0.352 e. The van der Waals surface area contributed by atoms with Crippen molar-refractivity contribution in [3.05, 3.63) is 35.9 Å². The number of alkyl halides is 1. The number of carbonyl (C=O) groups is 2. The molecule has 2 unspecified atom stereocenters.